The topological polar surface area (TPSA) is 90.4 Å². The minimum atomic E-state index is 0.0214. The van der Waals surface area contributed by atoms with Gasteiger partial charge in [0, 0.05) is 6.21 Å². The highest BCUT2D eigenvalue weighted by Gasteiger charge is 1.84. The Kier molecular flexibility index (Phi) is 2.97. The Hall–Kier alpha value is -1.45. The molecule has 50 valence electrons. The summed E-state index contributed by atoms with van der Waals surface area (Å²) in [5.74, 6) is 0.142. The van der Waals surface area contributed by atoms with Crippen LogP contribution in [0, 0.1) is 0 Å². The summed E-state index contributed by atoms with van der Waals surface area (Å²) in [6.45, 7) is 3.38. The average Bonchev–Trinajstić information content (AvgIpc) is 1.82. The maximum atomic E-state index is 5.19. The van der Waals surface area contributed by atoms with Crippen molar-refractivity contribution < 1.29 is 0 Å². The summed E-state index contributed by atoms with van der Waals surface area (Å²) in [7, 11) is 0. The molecule has 4 heteroatoms. The predicted molar refractivity (Wildman–Crippen MR) is 38.3 cm³/mol. The molecule has 0 rings (SSSR count). The van der Waals surface area contributed by atoms with Crippen molar-refractivity contribution in [3.05, 3.63) is 24.3 Å². The van der Waals surface area contributed by atoms with Gasteiger partial charge in [-0.2, -0.15) is 0 Å². The van der Waals surface area contributed by atoms with Crippen molar-refractivity contribution in [1.82, 2.24) is 0 Å². The van der Waals surface area contributed by atoms with Crippen LogP contribution in [0.3, 0.4) is 0 Å². The second kappa shape index (κ2) is 3.54. The van der Waals surface area contributed by atoms with Crippen molar-refractivity contribution in [3.8, 4) is 0 Å². The van der Waals surface area contributed by atoms with Gasteiger partial charge in [0.05, 0.1) is 0 Å². The number of aliphatic imine (C=N–C) groups is 1. The van der Waals surface area contributed by atoms with Gasteiger partial charge in [-0.1, -0.05) is 12.7 Å². The Morgan fingerprint density at radius 2 is 1.89 bits per heavy atom. The molecule has 0 spiro atoms. The molecule has 0 atom stereocenters. The molecule has 6 N–H and O–H groups in total. The second-order valence-electron chi connectivity index (χ2n) is 1.35. The first-order valence-electron chi connectivity index (χ1n) is 2.34. The number of hydrogen-bond acceptors (Lipinski definition) is 4. The van der Waals surface area contributed by atoms with Gasteiger partial charge in [-0.3, -0.25) is 0 Å². The third-order valence-corrected chi connectivity index (χ3v) is 0.615. The van der Waals surface area contributed by atoms with Crippen LogP contribution in [0.15, 0.2) is 29.3 Å². The highest BCUT2D eigenvalue weighted by Crippen LogP contribution is 1.82. The second-order valence-corrected chi connectivity index (χ2v) is 1.35. The summed E-state index contributed by atoms with van der Waals surface area (Å²) in [6, 6.07) is 0. The van der Waals surface area contributed by atoms with Crippen LogP contribution in [-0.2, 0) is 0 Å². The van der Waals surface area contributed by atoms with Gasteiger partial charge < -0.3 is 17.2 Å². The molecule has 0 heterocycles. The van der Waals surface area contributed by atoms with Crippen LogP contribution in [0.2, 0.25) is 0 Å². The van der Waals surface area contributed by atoms with E-state index in [9.17, 15) is 0 Å². The molecule has 0 radical (unpaired) electrons. The van der Waals surface area contributed by atoms with E-state index in [1.807, 2.05) is 0 Å². The molecule has 4 nitrogen and oxygen atoms in total. The first-order chi connectivity index (χ1) is 4.18. The summed E-state index contributed by atoms with van der Waals surface area (Å²) in [5.41, 5.74) is 15.3. The Morgan fingerprint density at radius 1 is 1.33 bits per heavy atom. The first kappa shape index (κ1) is 7.55. The van der Waals surface area contributed by atoms with E-state index in [4.69, 9.17) is 17.2 Å². The molecular weight excluding hydrogens is 116 g/mol. The lowest BCUT2D eigenvalue weighted by molar-refractivity contribution is 1.10. The molecule has 9 heavy (non-hydrogen) atoms. The van der Waals surface area contributed by atoms with Crippen LogP contribution < -0.4 is 17.2 Å². The Morgan fingerprint density at radius 3 is 2.22 bits per heavy atom. The molecule has 0 unspecified atom stereocenters. The van der Waals surface area contributed by atoms with Gasteiger partial charge in [0.2, 0.25) is 0 Å². The van der Waals surface area contributed by atoms with Crippen molar-refractivity contribution in [2.45, 2.75) is 0 Å². The fourth-order valence-corrected chi connectivity index (χ4v) is 0.208. The molecule has 0 fully saturated rings. The van der Waals surface area contributed by atoms with Crippen LogP contribution in [0.5, 0.6) is 0 Å². The summed E-state index contributed by atoms with van der Waals surface area (Å²) in [6.07, 6.45) is 2.89. The standard InChI is InChI=1S/C5H10N4/c1-2-3-9-5(8)4(6)7/h2-3H,1,6-8H2/b9-3-. The van der Waals surface area contributed by atoms with Crippen LogP contribution >= 0.6 is 0 Å². The minimum absolute atomic E-state index is 0.0214. The van der Waals surface area contributed by atoms with Crippen LogP contribution in [0.4, 0.5) is 0 Å². The zero-order valence-electron chi connectivity index (χ0n) is 5.04. The molecule has 0 amide bonds. The van der Waals surface area contributed by atoms with Crippen molar-refractivity contribution >= 4 is 6.21 Å². The average molecular weight is 126 g/mol. The predicted octanol–water partition coefficient (Wildman–Crippen LogP) is -0.754. The molecule has 0 aliphatic rings. The number of hydrogen-bond donors (Lipinski definition) is 3. The normalized spacial score (nSPS) is 9.33. The zero-order chi connectivity index (χ0) is 7.28. The maximum Gasteiger partial charge on any atom is 0.163 e. The third-order valence-electron chi connectivity index (χ3n) is 0.615. The van der Waals surface area contributed by atoms with Gasteiger partial charge in [0.15, 0.2) is 5.82 Å². The molecule has 0 saturated heterocycles. The van der Waals surface area contributed by atoms with Crippen LogP contribution in [-0.4, -0.2) is 6.21 Å². The fraction of sp³-hybridized carbons (Fsp3) is 0. The largest absolute Gasteiger partial charge is 0.383 e. The van der Waals surface area contributed by atoms with Crippen molar-refractivity contribution in [2.75, 3.05) is 0 Å². The SMILES string of the molecule is C=C/C=N\C(N)=C(N)N. The van der Waals surface area contributed by atoms with Crippen LogP contribution in [0.1, 0.15) is 0 Å². The van der Waals surface area contributed by atoms with Gasteiger partial charge in [-0.15, -0.1) is 0 Å². The van der Waals surface area contributed by atoms with E-state index in [-0.39, 0.29) is 11.6 Å². The molecule has 0 bridgehead atoms. The number of nitrogens with two attached hydrogens (primary N) is 3. The van der Waals surface area contributed by atoms with E-state index in [1.54, 1.807) is 0 Å². The molecule has 0 aliphatic carbocycles. The van der Waals surface area contributed by atoms with E-state index in [2.05, 4.69) is 11.6 Å². The first-order valence-corrected chi connectivity index (χ1v) is 2.34. The highest BCUT2D eigenvalue weighted by atomic mass is 15.0. The fourth-order valence-electron chi connectivity index (χ4n) is 0.208. The van der Waals surface area contributed by atoms with Crippen LogP contribution in [0.25, 0.3) is 0 Å². The lowest BCUT2D eigenvalue weighted by atomic mass is 10.6. The van der Waals surface area contributed by atoms with E-state index >= 15 is 0 Å². The van der Waals surface area contributed by atoms with Gasteiger partial charge in [-0.25, -0.2) is 4.99 Å². The van der Waals surface area contributed by atoms with E-state index < -0.39 is 0 Å². The smallest absolute Gasteiger partial charge is 0.163 e. The summed E-state index contributed by atoms with van der Waals surface area (Å²) in [5, 5.41) is 0. The number of rotatable bonds is 2. The number of nitrogens with zero attached hydrogens (tertiary/aromatic N) is 1. The Labute approximate surface area is 53.7 Å². The van der Waals surface area contributed by atoms with E-state index in [0.29, 0.717) is 0 Å². The molecule has 0 saturated carbocycles. The Bertz CT molecular complexity index is 152. The molecule has 0 aromatic rings. The van der Waals surface area contributed by atoms with E-state index in [1.165, 1.54) is 12.3 Å². The molecule has 0 aliphatic heterocycles. The monoisotopic (exact) mass is 126 g/mol. The number of allylic oxidation sites excluding steroid dienone is 1. The van der Waals surface area contributed by atoms with Gasteiger partial charge in [-0.05, 0) is 0 Å². The van der Waals surface area contributed by atoms with Gasteiger partial charge in [0.25, 0.3) is 0 Å². The van der Waals surface area contributed by atoms with Crippen molar-refractivity contribution in [2.24, 2.45) is 22.2 Å². The van der Waals surface area contributed by atoms with Gasteiger partial charge >= 0.3 is 0 Å². The zero-order valence-corrected chi connectivity index (χ0v) is 5.04. The van der Waals surface area contributed by atoms with Gasteiger partial charge in [0.1, 0.15) is 5.82 Å². The molecule has 0 aromatic carbocycles. The minimum Gasteiger partial charge on any atom is -0.383 e. The molecular formula is C5H10N4. The van der Waals surface area contributed by atoms with Crippen molar-refractivity contribution in [3.63, 3.8) is 0 Å². The third kappa shape index (κ3) is 3.16. The summed E-state index contributed by atoms with van der Waals surface area (Å²) >= 11 is 0. The lowest BCUT2D eigenvalue weighted by Gasteiger charge is -1.92. The maximum absolute atomic E-state index is 5.19. The lowest BCUT2D eigenvalue weighted by Crippen LogP contribution is -2.15. The highest BCUT2D eigenvalue weighted by molar-refractivity contribution is 5.71. The summed E-state index contributed by atoms with van der Waals surface area (Å²) in [4.78, 5) is 3.61. The summed E-state index contributed by atoms with van der Waals surface area (Å²) < 4.78 is 0. The quantitative estimate of drug-likeness (QED) is 0.425. The van der Waals surface area contributed by atoms with Crippen molar-refractivity contribution in [1.29, 1.82) is 0 Å². The van der Waals surface area contributed by atoms with E-state index in [0.717, 1.165) is 0 Å². The Balaban J connectivity index is 4.06. The molecule has 0 aromatic heterocycles.